The van der Waals surface area contributed by atoms with Crippen LogP contribution < -0.4 is 16.0 Å². The highest BCUT2D eigenvalue weighted by Crippen LogP contribution is 2.26. The van der Waals surface area contributed by atoms with Crippen LogP contribution in [0, 0.1) is 0 Å². The quantitative estimate of drug-likeness (QED) is 0.594. The van der Waals surface area contributed by atoms with Crippen LogP contribution in [0.15, 0.2) is 47.1 Å². The molecule has 7 nitrogen and oxygen atoms in total. The van der Waals surface area contributed by atoms with Gasteiger partial charge in [0.05, 0.1) is 34.6 Å². The van der Waals surface area contributed by atoms with E-state index in [9.17, 15) is 9.59 Å². The number of nitrogens with zero attached hydrogens (tertiary/aromatic N) is 1. The lowest BCUT2D eigenvalue weighted by Crippen LogP contribution is -2.42. The van der Waals surface area contributed by atoms with Crippen LogP contribution in [0.1, 0.15) is 23.6 Å². The van der Waals surface area contributed by atoms with E-state index in [1.165, 1.54) is 6.26 Å². The van der Waals surface area contributed by atoms with Gasteiger partial charge in [-0.3, -0.25) is 4.79 Å². The Kier molecular flexibility index (Phi) is 5.85. The third kappa shape index (κ3) is 4.82. The van der Waals surface area contributed by atoms with Crippen LogP contribution in [0.2, 0.25) is 0 Å². The topological polar surface area (TPSA) is 96.3 Å². The molecule has 0 bridgehead atoms. The first kappa shape index (κ1) is 17.9. The van der Waals surface area contributed by atoms with Crippen molar-refractivity contribution in [3.63, 3.8) is 0 Å². The molecule has 0 spiro atoms. The summed E-state index contributed by atoms with van der Waals surface area (Å²) in [6.07, 6.45) is 1.54. The maximum atomic E-state index is 11.9. The Morgan fingerprint density at radius 1 is 1.15 bits per heavy atom. The van der Waals surface area contributed by atoms with Crippen molar-refractivity contribution in [2.45, 2.75) is 19.4 Å². The first-order chi connectivity index (χ1) is 12.6. The summed E-state index contributed by atoms with van der Waals surface area (Å²) < 4.78 is 6.25. The monoisotopic (exact) mass is 372 g/mol. The van der Waals surface area contributed by atoms with Crippen LogP contribution in [0.5, 0.6) is 0 Å². The number of nitrogens with one attached hydrogen (secondary N) is 3. The third-order valence-electron chi connectivity index (χ3n) is 3.75. The lowest BCUT2D eigenvalue weighted by atomic mass is 10.2. The highest BCUT2D eigenvalue weighted by atomic mass is 32.1. The molecule has 2 aromatic heterocycles. The van der Waals surface area contributed by atoms with Gasteiger partial charge in [-0.1, -0.05) is 19.1 Å². The van der Waals surface area contributed by atoms with Gasteiger partial charge in [0.15, 0.2) is 0 Å². The lowest BCUT2D eigenvalue weighted by Gasteiger charge is -2.11. The number of urea groups is 1. The Bertz CT molecular complexity index is 843. The van der Waals surface area contributed by atoms with E-state index in [2.05, 4.69) is 20.9 Å². The zero-order chi connectivity index (χ0) is 18.4. The molecule has 3 amide bonds. The number of aromatic nitrogens is 1. The molecular weight excluding hydrogens is 352 g/mol. The predicted octanol–water partition coefficient (Wildman–Crippen LogP) is 2.61. The minimum Gasteiger partial charge on any atom is -0.467 e. The standard InChI is InChI=1S/C18H20N4O3S/c1-12(17-22-14-6-2-3-7-15(14)26-17)9-19-16(23)11-21-18(24)20-10-13-5-4-8-25-13/h2-8,12H,9-11H2,1H3,(H,19,23)(H2,20,21,24). The maximum absolute atomic E-state index is 11.9. The molecular formula is C18H20N4O3S. The Morgan fingerprint density at radius 3 is 2.77 bits per heavy atom. The average Bonchev–Trinajstić information content (AvgIpc) is 3.31. The fourth-order valence-electron chi connectivity index (χ4n) is 2.32. The van der Waals surface area contributed by atoms with E-state index in [0.29, 0.717) is 12.3 Å². The molecule has 0 fully saturated rings. The molecule has 0 saturated heterocycles. The summed E-state index contributed by atoms with van der Waals surface area (Å²) in [5.74, 6) is 0.504. The molecule has 0 aliphatic heterocycles. The smallest absolute Gasteiger partial charge is 0.315 e. The summed E-state index contributed by atoms with van der Waals surface area (Å²) in [4.78, 5) is 28.1. The Balaban J connectivity index is 1.38. The van der Waals surface area contributed by atoms with E-state index in [4.69, 9.17) is 4.42 Å². The number of benzene rings is 1. The fraction of sp³-hybridized carbons (Fsp3) is 0.278. The maximum Gasteiger partial charge on any atom is 0.315 e. The van der Waals surface area contributed by atoms with Crippen molar-refractivity contribution in [3.8, 4) is 0 Å². The van der Waals surface area contributed by atoms with Gasteiger partial charge < -0.3 is 20.4 Å². The van der Waals surface area contributed by atoms with E-state index in [1.54, 1.807) is 23.5 Å². The lowest BCUT2D eigenvalue weighted by molar-refractivity contribution is -0.120. The third-order valence-corrected chi connectivity index (χ3v) is 5.02. The number of carbonyl (C=O) groups excluding carboxylic acids is 2. The molecule has 136 valence electrons. The van der Waals surface area contributed by atoms with E-state index in [1.807, 2.05) is 31.2 Å². The fourth-order valence-corrected chi connectivity index (χ4v) is 3.34. The molecule has 1 aromatic carbocycles. The first-order valence-electron chi connectivity index (χ1n) is 8.28. The normalized spacial score (nSPS) is 11.9. The van der Waals surface area contributed by atoms with Gasteiger partial charge in [-0.25, -0.2) is 9.78 Å². The largest absolute Gasteiger partial charge is 0.467 e. The number of furan rings is 1. The number of carbonyl (C=O) groups is 2. The Morgan fingerprint density at radius 2 is 2.00 bits per heavy atom. The van der Waals surface area contributed by atoms with Crippen LogP contribution in [0.3, 0.4) is 0 Å². The summed E-state index contributed by atoms with van der Waals surface area (Å²) in [5.41, 5.74) is 0.973. The Hall–Kier alpha value is -2.87. The minimum atomic E-state index is -0.421. The predicted molar refractivity (Wildman–Crippen MR) is 100.0 cm³/mol. The van der Waals surface area contributed by atoms with Gasteiger partial charge in [0, 0.05) is 12.5 Å². The number of amides is 3. The number of hydrogen-bond donors (Lipinski definition) is 3. The van der Waals surface area contributed by atoms with Crippen LogP contribution >= 0.6 is 11.3 Å². The molecule has 3 rings (SSSR count). The molecule has 1 unspecified atom stereocenters. The molecule has 1 atom stereocenters. The Labute approximate surface area is 154 Å². The van der Waals surface area contributed by atoms with Gasteiger partial charge in [-0.15, -0.1) is 11.3 Å². The van der Waals surface area contributed by atoms with Gasteiger partial charge in [-0.05, 0) is 24.3 Å². The van der Waals surface area contributed by atoms with Gasteiger partial charge >= 0.3 is 6.03 Å². The second-order valence-corrected chi connectivity index (χ2v) is 6.90. The second-order valence-electron chi connectivity index (χ2n) is 5.84. The highest BCUT2D eigenvalue weighted by Gasteiger charge is 2.13. The summed E-state index contributed by atoms with van der Waals surface area (Å²) in [6, 6.07) is 11.0. The van der Waals surface area contributed by atoms with Crippen molar-refractivity contribution < 1.29 is 14.0 Å². The van der Waals surface area contributed by atoms with E-state index in [-0.39, 0.29) is 24.9 Å². The number of fused-ring (bicyclic) bond motifs is 1. The van der Waals surface area contributed by atoms with Crippen molar-refractivity contribution in [2.75, 3.05) is 13.1 Å². The van der Waals surface area contributed by atoms with E-state index in [0.717, 1.165) is 15.2 Å². The summed E-state index contributed by atoms with van der Waals surface area (Å²) >= 11 is 1.63. The number of rotatable bonds is 7. The van der Waals surface area contributed by atoms with Crippen LogP contribution in [0.4, 0.5) is 4.79 Å². The van der Waals surface area contributed by atoms with Crippen LogP contribution in [-0.2, 0) is 11.3 Å². The molecule has 0 aliphatic rings. The zero-order valence-corrected chi connectivity index (χ0v) is 15.1. The molecule has 0 saturated carbocycles. The summed E-state index contributed by atoms with van der Waals surface area (Å²) in [7, 11) is 0. The second kappa shape index (κ2) is 8.48. The van der Waals surface area contributed by atoms with Gasteiger partial charge in [0.25, 0.3) is 0 Å². The summed E-state index contributed by atoms with van der Waals surface area (Å²) in [6.45, 7) is 2.67. The molecule has 3 aromatic rings. The zero-order valence-electron chi connectivity index (χ0n) is 14.3. The van der Waals surface area contributed by atoms with E-state index >= 15 is 0 Å². The molecule has 3 N–H and O–H groups in total. The van der Waals surface area contributed by atoms with Crippen molar-refractivity contribution in [2.24, 2.45) is 0 Å². The van der Waals surface area contributed by atoms with Gasteiger partial charge in [0.1, 0.15) is 5.76 Å². The van der Waals surface area contributed by atoms with Gasteiger partial charge in [0.2, 0.25) is 5.91 Å². The van der Waals surface area contributed by atoms with Crippen LogP contribution in [0.25, 0.3) is 10.2 Å². The van der Waals surface area contributed by atoms with E-state index < -0.39 is 6.03 Å². The molecule has 2 heterocycles. The summed E-state index contributed by atoms with van der Waals surface area (Å²) in [5, 5.41) is 8.93. The first-order valence-corrected chi connectivity index (χ1v) is 9.09. The minimum absolute atomic E-state index is 0.0868. The van der Waals surface area contributed by atoms with Crippen molar-refractivity contribution in [1.82, 2.24) is 20.9 Å². The van der Waals surface area contributed by atoms with Crippen LogP contribution in [-0.4, -0.2) is 30.0 Å². The number of hydrogen-bond acceptors (Lipinski definition) is 5. The van der Waals surface area contributed by atoms with Crippen molar-refractivity contribution in [1.29, 1.82) is 0 Å². The highest BCUT2D eigenvalue weighted by molar-refractivity contribution is 7.18. The average molecular weight is 372 g/mol. The molecule has 0 radical (unpaired) electrons. The number of thiazole rings is 1. The van der Waals surface area contributed by atoms with Crippen molar-refractivity contribution >= 4 is 33.5 Å². The van der Waals surface area contributed by atoms with Crippen molar-refractivity contribution in [3.05, 3.63) is 53.4 Å². The molecule has 8 heteroatoms. The SMILES string of the molecule is CC(CNC(=O)CNC(=O)NCc1ccco1)c1nc2ccccc2s1. The molecule has 0 aliphatic carbocycles. The van der Waals surface area contributed by atoms with Gasteiger partial charge in [-0.2, -0.15) is 0 Å². The number of para-hydroxylation sites is 1. The molecule has 26 heavy (non-hydrogen) atoms.